The lowest BCUT2D eigenvalue weighted by Gasteiger charge is -2.35. The Balaban J connectivity index is 2.70. The summed E-state index contributed by atoms with van der Waals surface area (Å²) in [6.07, 6.45) is 6.52. The summed E-state index contributed by atoms with van der Waals surface area (Å²) in [4.78, 5) is 24.8. The second kappa shape index (κ2) is 6.93. The molecule has 0 heterocycles. The van der Waals surface area contributed by atoms with Crippen LogP contribution in [0, 0.1) is 16.7 Å². The quantitative estimate of drug-likeness (QED) is 0.830. The van der Waals surface area contributed by atoms with Gasteiger partial charge in [-0.2, -0.15) is 0 Å². The van der Waals surface area contributed by atoms with Crippen LogP contribution in [0.4, 0.5) is 0 Å². The molecule has 122 valence electrons. The van der Waals surface area contributed by atoms with Crippen LogP contribution in [0.2, 0.25) is 0 Å². The van der Waals surface area contributed by atoms with Crippen molar-refractivity contribution < 1.29 is 9.59 Å². The van der Waals surface area contributed by atoms with Gasteiger partial charge in [0.25, 0.3) is 0 Å². The Morgan fingerprint density at radius 3 is 2.05 bits per heavy atom. The van der Waals surface area contributed by atoms with Crippen molar-refractivity contribution in [3.8, 4) is 0 Å². The molecule has 1 unspecified atom stereocenters. The molecule has 0 aromatic heterocycles. The molecule has 1 aliphatic carbocycles. The molecule has 1 amide bonds. The first-order valence-electron chi connectivity index (χ1n) is 8.38. The first-order chi connectivity index (χ1) is 9.55. The minimum atomic E-state index is -0.391. The van der Waals surface area contributed by atoms with Gasteiger partial charge in [-0.3, -0.25) is 9.59 Å². The molecule has 0 saturated heterocycles. The SMILES string of the molecule is CC(C)C(=O)C(NC(=O)CC1(C)CCCCC1)C(C)(C)C. The summed E-state index contributed by atoms with van der Waals surface area (Å²) in [5.41, 5.74) is -0.129. The minimum absolute atomic E-state index is 0.0355. The zero-order valence-electron chi connectivity index (χ0n) is 14.7. The molecule has 0 spiro atoms. The van der Waals surface area contributed by atoms with Crippen LogP contribution in [-0.4, -0.2) is 17.7 Å². The topological polar surface area (TPSA) is 46.2 Å². The molecular formula is C18H33NO2. The van der Waals surface area contributed by atoms with E-state index in [-0.39, 0.29) is 28.4 Å². The smallest absolute Gasteiger partial charge is 0.221 e. The van der Waals surface area contributed by atoms with E-state index in [4.69, 9.17) is 0 Å². The average molecular weight is 295 g/mol. The van der Waals surface area contributed by atoms with Gasteiger partial charge in [-0.25, -0.2) is 0 Å². The van der Waals surface area contributed by atoms with E-state index in [9.17, 15) is 9.59 Å². The molecule has 0 aromatic carbocycles. The van der Waals surface area contributed by atoms with Crippen LogP contribution in [0.3, 0.4) is 0 Å². The molecule has 0 aliphatic heterocycles. The van der Waals surface area contributed by atoms with Crippen LogP contribution < -0.4 is 5.32 Å². The van der Waals surface area contributed by atoms with Gasteiger partial charge in [0, 0.05) is 12.3 Å². The number of carbonyl (C=O) groups excluding carboxylic acids is 2. The predicted molar refractivity (Wildman–Crippen MR) is 87.0 cm³/mol. The van der Waals surface area contributed by atoms with Gasteiger partial charge in [0.1, 0.15) is 0 Å². The summed E-state index contributed by atoms with van der Waals surface area (Å²) < 4.78 is 0. The highest BCUT2D eigenvalue weighted by Gasteiger charge is 2.36. The minimum Gasteiger partial charge on any atom is -0.346 e. The maximum atomic E-state index is 12.4. The summed E-state index contributed by atoms with van der Waals surface area (Å²) in [6.45, 7) is 12.1. The Hall–Kier alpha value is -0.860. The maximum absolute atomic E-state index is 12.4. The summed E-state index contributed by atoms with van der Waals surface area (Å²) in [6, 6.07) is -0.391. The lowest BCUT2D eigenvalue weighted by Crippen LogP contribution is -2.51. The van der Waals surface area contributed by atoms with Crippen molar-refractivity contribution in [3.63, 3.8) is 0 Å². The van der Waals surface area contributed by atoms with Crippen LogP contribution in [0.25, 0.3) is 0 Å². The summed E-state index contributed by atoms with van der Waals surface area (Å²) in [5, 5.41) is 3.02. The van der Waals surface area contributed by atoms with Gasteiger partial charge in [-0.1, -0.05) is 60.8 Å². The Morgan fingerprint density at radius 1 is 1.10 bits per heavy atom. The van der Waals surface area contributed by atoms with Crippen molar-refractivity contribution in [2.75, 3.05) is 0 Å². The zero-order chi connectivity index (χ0) is 16.3. The predicted octanol–water partition coefficient (Wildman–Crippen LogP) is 4.10. The fourth-order valence-corrected chi connectivity index (χ4v) is 3.23. The van der Waals surface area contributed by atoms with Crippen LogP contribution in [0.1, 0.15) is 80.1 Å². The molecule has 1 aliphatic rings. The highest BCUT2D eigenvalue weighted by molar-refractivity contribution is 5.91. The lowest BCUT2D eigenvalue weighted by atomic mass is 9.73. The number of nitrogens with one attached hydrogen (secondary N) is 1. The van der Waals surface area contributed by atoms with Crippen molar-refractivity contribution in [2.45, 2.75) is 86.1 Å². The monoisotopic (exact) mass is 295 g/mol. The van der Waals surface area contributed by atoms with Crippen LogP contribution >= 0.6 is 0 Å². The molecule has 21 heavy (non-hydrogen) atoms. The van der Waals surface area contributed by atoms with E-state index in [2.05, 4.69) is 12.2 Å². The van der Waals surface area contributed by atoms with Crippen molar-refractivity contribution in [1.82, 2.24) is 5.32 Å². The molecule has 3 heteroatoms. The highest BCUT2D eigenvalue weighted by atomic mass is 16.2. The van der Waals surface area contributed by atoms with Crippen molar-refractivity contribution in [1.29, 1.82) is 0 Å². The van der Waals surface area contributed by atoms with Gasteiger partial charge in [0.15, 0.2) is 5.78 Å². The van der Waals surface area contributed by atoms with E-state index in [0.717, 1.165) is 12.8 Å². The van der Waals surface area contributed by atoms with E-state index in [1.807, 2.05) is 34.6 Å². The molecule has 3 nitrogen and oxygen atoms in total. The Bertz CT molecular complexity index is 373. The third kappa shape index (κ3) is 5.44. The second-order valence-electron chi connectivity index (χ2n) is 8.47. The van der Waals surface area contributed by atoms with Gasteiger partial charge < -0.3 is 5.32 Å². The first-order valence-corrected chi connectivity index (χ1v) is 8.38. The van der Waals surface area contributed by atoms with Gasteiger partial charge in [0.2, 0.25) is 5.91 Å². The third-order valence-electron chi connectivity index (χ3n) is 4.67. The van der Waals surface area contributed by atoms with Gasteiger partial charge in [0.05, 0.1) is 6.04 Å². The molecule has 1 N–H and O–H groups in total. The van der Waals surface area contributed by atoms with E-state index in [1.165, 1.54) is 19.3 Å². The van der Waals surface area contributed by atoms with E-state index in [0.29, 0.717) is 6.42 Å². The van der Waals surface area contributed by atoms with E-state index >= 15 is 0 Å². The normalized spacial score (nSPS) is 20.1. The van der Waals surface area contributed by atoms with Gasteiger partial charge in [-0.15, -0.1) is 0 Å². The number of carbonyl (C=O) groups is 2. The maximum Gasteiger partial charge on any atom is 0.221 e. The Kier molecular flexibility index (Phi) is 6.01. The highest BCUT2D eigenvalue weighted by Crippen LogP contribution is 2.38. The summed E-state index contributed by atoms with van der Waals surface area (Å²) in [5.74, 6) is 0.109. The number of hydrogen-bond acceptors (Lipinski definition) is 2. The standard InChI is InChI=1S/C18H33NO2/c1-13(2)15(21)16(17(3,4)5)19-14(20)12-18(6)10-8-7-9-11-18/h13,16H,7-12H2,1-6H3,(H,19,20). The molecule has 1 fully saturated rings. The second-order valence-corrected chi connectivity index (χ2v) is 8.47. The van der Waals surface area contributed by atoms with Crippen molar-refractivity contribution in [3.05, 3.63) is 0 Å². The van der Waals surface area contributed by atoms with E-state index < -0.39 is 6.04 Å². The molecule has 0 bridgehead atoms. The van der Waals surface area contributed by atoms with Gasteiger partial charge in [-0.05, 0) is 23.7 Å². The fourth-order valence-electron chi connectivity index (χ4n) is 3.23. The number of Topliss-reactive ketones (excluding diaryl/α,β-unsaturated/α-hetero) is 1. The molecule has 1 rings (SSSR count). The van der Waals surface area contributed by atoms with Crippen LogP contribution in [0.5, 0.6) is 0 Å². The lowest BCUT2D eigenvalue weighted by molar-refractivity contribution is -0.133. The van der Waals surface area contributed by atoms with E-state index in [1.54, 1.807) is 0 Å². The molecular weight excluding hydrogens is 262 g/mol. The zero-order valence-corrected chi connectivity index (χ0v) is 14.7. The molecule has 1 atom stereocenters. The van der Waals surface area contributed by atoms with Crippen molar-refractivity contribution in [2.24, 2.45) is 16.7 Å². The van der Waals surface area contributed by atoms with Gasteiger partial charge >= 0.3 is 0 Å². The first kappa shape index (κ1) is 18.2. The number of amides is 1. The summed E-state index contributed by atoms with van der Waals surface area (Å²) in [7, 11) is 0. The average Bonchev–Trinajstić information content (AvgIpc) is 2.34. The Morgan fingerprint density at radius 2 is 1.62 bits per heavy atom. The molecule has 1 saturated carbocycles. The molecule has 0 radical (unpaired) electrons. The number of ketones is 1. The van der Waals surface area contributed by atoms with Crippen molar-refractivity contribution >= 4 is 11.7 Å². The number of rotatable bonds is 5. The van der Waals surface area contributed by atoms with Crippen LogP contribution in [0.15, 0.2) is 0 Å². The fraction of sp³-hybridized carbons (Fsp3) is 0.889. The number of hydrogen-bond donors (Lipinski definition) is 1. The Labute approximate surface area is 130 Å². The van der Waals surface area contributed by atoms with Crippen LogP contribution in [-0.2, 0) is 9.59 Å². The third-order valence-corrected chi connectivity index (χ3v) is 4.67. The summed E-state index contributed by atoms with van der Waals surface area (Å²) >= 11 is 0. The largest absolute Gasteiger partial charge is 0.346 e. The molecule has 0 aromatic rings.